The number of nitrogens with zero attached hydrogens (tertiary/aromatic N) is 4. The number of piperazine rings is 1. The summed E-state index contributed by atoms with van der Waals surface area (Å²) in [6.07, 6.45) is -9.92. The molecule has 1 aliphatic rings. The molecule has 14 heteroatoms. The van der Waals surface area contributed by atoms with Gasteiger partial charge in [0.1, 0.15) is 6.54 Å². The van der Waals surface area contributed by atoms with E-state index in [1.807, 2.05) is 0 Å². The van der Waals surface area contributed by atoms with E-state index in [0.717, 1.165) is 5.56 Å². The number of nitrogens with one attached hydrogen (secondary N) is 2. The summed E-state index contributed by atoms with van der Waals surface area (Å²) in [4.78, 5) is 13.9. The number of H-pyrrole nitrogens is 1. The maximum atomic E-state index is 13.1. The SMILES string of the molecule is O=C1CN(c2nn[nH]n2)[C@@H](c2ccccc2)[C@@H](COCc2cc(C(F)(F)F)cc(C(F)(F)F)c2)N1. The quantitative estimate of drug-likeness (QED) is 0.503. The number of aromatic nitrogens is 4. The van der Waals surface area contributed by atoms with Gasteiger partial charge in [0, 0.05) is 0 Å². The zero-order valence-electron chi connectivity index (χ0n) is 17.8. The number of benzene rings is 2. The molecule has 2 aromatic carbocycles. The number of rotatable bonds is 6. The number of hydrogen-bond acceptors (Lipinski definition) is 6. The molecule has 1 saturated heterocycles. The highest BCUT2D eigenvalue weighted by atomic mass is 19.4. The van der Waals surface area contributed by atoms with Gasteiger partial charge in [0.05, 0.1) is 36.4 Å². The van der Waals surface area contributed by atoms with Crippen LogP contribution in [0.5, 0.6) is 0 Å². The summed E-state index contributed by atoms with van der Waals surface area (Å²) in [5.41, 5.74) is -2.41. The first-order valence-electron chi connectivity index (χ1n) is 10.2. The molecule has 0 aliphatic carbocycles. The maximum Gasteiger partial charge on any atom is 0.416 e. The molecule has 2 atom stereocenters. The Hall–Kier alpha value is -3.68. The molecule has 1 fully saturated rings. The van der Waals surface area contributed by atoms with E-state index in [9.17, 15) is 31.1 Å². The van der Waals surface area contributed by atoms with E-state index >= 15 is 0 Å². The fraction of sp³-hybridized carbons (Fsp3) is 0.333. The Morgan fingerprint density at radius 3 is 2.23 bits per heavy atom. The van der Waals surface area contributed by atoms with E-state index in [4.69, 9.17) is 4.74 Å². The summed E-state index contributed by atoms with van der Waals surface area (Å²) in [5.74, 6) is -0.250. The lowest BCUT2D eigenvalue weighted by Crippen LogP contribution is -2.58. The number of carbonyl (C=O) groups excluding carboxylic acids is 1. The third kappa shape index (κ3) is 5.70. The minimum absolute atomic E-state index is 0.0546. The van der Waals surface area contributed by atoms with Gasteiger partial charge in [-0.15, -0.1) is 5.10 Å². The van der Waals surface area contributed by atoms with E-state index in [-0.39, 0.29) is 30.7 Å². The summed E-state index contributed by atoms with van der Waals surface area (Å²) in [5, 5.41) is 16.4. The monoisotopic (exact) mass is 500 g/mol. The number of tetrazole rings is 1. The molecule has 4 rings (SSSR count). The molecule has 1 amide bonds. The van der Waals surface area contributed by atoms with Crippen LogP contribution in [0.15, 0.2) is 48.5 Å². The summed E-state index contributed by atoms with van der Waals surface area (Å²) in [6, 6.07) is 8.95. The molecule has 2 N–H and O–H groups in total. The van der Waals surface area contributed by atoms with Gasteiger partial charge in [0.2, 0.25) is 5.91 Å². The van der Waals surface area contributed by atoms with Crippen LogP contribution in [-0.4, -0.2) is 45.7 Å². The largest absolute Gasteiger partial charge is 0.416 e. The van der Waals surface area contributed by atoms with Crippen molar-refractivity contribution in [2.75, 3.05) is 18.1 Å². The van der Waals surface area contributed by atoms with Crippen LogP contribution in [0, 0.1) is 0 Å². The van der Waals surface area contributed by atoms with Crippen LogP contribution in [0.4, 0.5) is 32.3 Å². The molecule has 3 aromatic rings. The highest BCUT2D eigenvalue weighted by molar-refractivity contribution is 5.83. The van der Waals surface area contributed by atoms with Gasteiger partial charge < -0.3 is 15.0 Å². The van der Waals surface area contributed by atoms with Crippen LogP contribution in [-0.2, 0) is 28.5 Å². The summed E-state index contributed by atoms with van der Waals surface area (Å²) >= 11 is 0. The second kappa shape index (κ2) is 9.52. The lowest BCUT2D eigenvalue weighted by molar-refractivity contribution is -0.143. The number of hydrogen-bond donors (Lipinski definition) is 2. The van der Waals surface area contributed by atoms with Crippen molar-refractivity contribution in [2.24, 2.45) is 0 Å². The second-order valence-electron chi connectivity index (χ2n) is 7.80. The molecule has 8 nitrogen and oxygen atoms in total. The molecular weight excluding hydrogens is 482 g/mol. The predicted molar refractivity (Wildman–Crippen MR) is 109 cm³/mol. The fourth-order valence-corrected chi connectivity index (χ4v) is 3.88. The first-order chi connectivity index (χ1) is 16.5. The molecule has 0 saturated carbocycles. The van der Waals surface area contributed by atoms with Crippen molar-refractivity contribution in [2.45, 2.75) is 31.0 Å². The standard InChI is InChI=1S/C21H18F6N6O2/c22-20(23,24)14-6-12(7-15(8-14)21(25,26)27)10-35-11-16-18(13-4-2-1-3-5-13)33(9-17(34)28-16)19-29-31-32-30-19/h1-8,16,18H,9-11H2,(H,28,34)(H,29,30,31,32)/t16-,18+/m1/s1. The van der Waals surface area contributed by atoms with Crippen molar-refractivity contribution in [3.63, 3.8) is 0 Å². The Bertz CT molecular complexity index is 1120. The van der Waals surface area contributed by atoms with Crippen molar-refractivity contribution in [3.8, 4) is 0 Å². The van der Waals surface area contributed by atoms with Crippen molar-refractivity contribution in [1.29, 1.82) is 0 Å². The van der Waals surface area contributed by atoms with Gasteiger partial charge in [-0.05, 0) is 34.5 Å². The minimum atomic E-state index is -4.96. The van der Waals surface area contributed by atoms with E-state index in [1.165, 1.54) is 0 Å². The van der Waals surface area contributed by atoms with Gasteiger partial charge in [-0.2, -0.15) is 31.6 Å². The Morgan fingerprint density at radius 1 is 1.00 bits per heavy atom. The van der Waals surface area contributed by atoms with Crippen LogP contribution in [0.25, 0.3) is 0 Å². The van der Waals surface area contributed by atoms with Gasteiger partial charge in [-0.1, -0.05) is 35.4 Å². The molecule has 0 unspecified atom stereocenters. The van der Waals surface area contributed by atoms with Gasteiger partial charge in [-0.3, -0.25) is 4.79 Å². The molecule has 0 bridgehead atoms. The normalized spacial score (nSPS) is 19.0. The molecule has 1 aliphatic heterocycles. The van der Waals surface area contributed by atoms with Gasteiger partial charge >= 0.3 is 12.4 Å². The minimum Gasteiger partial charge on any atom is -0.375 e. The molecule has 0 radical (unpaired) electrons. The zero-order chi connectivity index (χ0) is 25.2. The van der Waals surface area contributed by atoms with E-state index < -0.39 is 48.1 Å². The number of anilines is 1. The second-order valence-corrected chi connectivity index (χ2v) is 7.80. The first-order valence-corrected chi connectivity index (χ1v) is 10.2. The number of alkyl halides is 6. The lowest BCUT2D eigenvalue weighted by Gasteiger charge is -2.40. The van der Waals surface area contributed by atoms with Gasteiger partial charge in [0.25, 0.3) is 5.95 Å². The lowest BCUT2D eigenvalue weighted by atomic mass is 9.96. The summed E-state index contributed by atoms with van der Waals surface area (Å²) in [6.45, 7) is -0.849. The van der Waals surface area contributed by atoms with Crippen molar-refractivity contribution < 1.29 is 35.9 Å². The van der Waals surface area contributed by atoms with Crippen LogP contribution >= 0.6 is 0 Å². The maximum absolute atomic E-state index is 13.1. The van der Waals surface area contributed by atoms with E-state index in [0.29, 0.717) is 12.1 Å². The number of ether oxygens (including phenoxy) is 1. The van der Waals surface area contributed by atoms with Crippen LogP contribution in [0.3, 0.4) is 0 Å². The smallest absolute Gasteiger partial charge is 0.375 e. The third-order valence-electron chi connectivity index (χ3n) is 5.32. The highest BCUT2D eigenvalue weighted by Gasteiger charge is 2.39. The zero-order valence-corrected chi connectivity index (χ0v) is 17.8. The van der Waals surface area contributed by atoms with Crippen LogP contribution in [0.1, 0.15) is 28.3 Å². The Kier molecular flexibility index (Phi) is 6.65. The number of amides is 1. The Morgan fingerprint density at radius 2 is 1.66 bits per heavy atom. The first kappa shape index (κ1) is 24.4. The van der Waals surface area contributed by atoms with Crippen LogP contribution in [0.2, 0.25) is 0 Å². The molecule has 1 aromatic heterocycles. The molecule has 2 heterocycles. The van der Waals surface area contributed by atoms with Crippen molar-refractivity contribution in [1.82, 2.24) is 25.9 Å². The molecule has 35 heavy (non-hydrogen) atoms. The average Bonchev–Trinajstić information content (AvgIpc) is 3.33. The van der Waals surface area contributed by atoms with Crippen molar-refractivity contribution in [3.05, 3.63) is 70.8 Å². The number of carbonyl (C=O) groups is 1. The molecule has 186 valence electrons. The Balaban J connectivity index is 1.57. The number of halogens is 6. The van der Waals surface area contributed by atoms with E-state index in [1.54, 1.807) is 35.2 Å². The average molecular weight is 500 g/mol. The fourth-order valence-electron chi connectivity index (χ4n) is 3.88. The Labute approximate surface area is 194 Å². The topological polar surface area (TPSA) is 96.0 Å². The van der Waals surface area contributed by atoms with Gasteiger partial charge in [0.15, 0.2) is 0 Å². The third-order valence-corrected chi connectivity index (χ3v) is 5.32. The van der Waals surface area contributed by atoms with E-state index in [2.05, 4.69) is 25.9 Å². The summed E-state index contributed by atoms with van der Waals surface area (Å²) in [7, 11) is 0. The van der Waals surface area contributed by atoms with Crippen molar-refractivity contribution >= 4 is 11.9 Å². The molecular formula is C21H18F6N6O2. The number of aromatic amines is 1. The van der Waals surface area contributed by atoms with Gasteiger partial charge in [-0.25, -0.2) is 0 Å². The molecule has 0 spiro atoms. The summed E-state index contributed by atoms with van der Waals surface area (Å²) < 4.78 is 84.3. The highest BCUT2D eigenvalue weighted by Crippen LogP contribution is 2.36. The predicted octanol–water partition coefficient (Wildman–Crippen LogP) is 3.50. The van der Waals surface area contributed by atoms with Crippen LogP contribution < -0.4 is 10.2 Å².